The summed E-state index contributed by atoms with van der Waals surface area (Å²) in [5.74, 6) is -1.65. The molecular weight excluding hydrogens is 249 g/mol. The predicted octanol–water partition coefficient (Wildman–Crippen LogP) is 2.57. The molecule has 1 rings (SSSR count). The van der Waals surface area contributed by atoms with Gasteiger partial charge in [-0.3, -0.25) is 0 Å². The summed E-state index contributed by atoms with van der Waals surface area (Å²) in [4.78, 5) is 10.8. The molecule has 1 atom stereocenters. The normalized spacial score (nSPS) is 12.5. The Morgan fingerprint density at radius 2 is 2.16 bits per heavy atom. The third-order valence-electron chi connectivity index (χ3n) is 2.63. The minimum absolute atomic E-state index is 0.0254. The molecule has 1 aromatic rings. The third kappa shape index (κ3) is 4.87. The third-order valence-corrected chi connectivity index (χ3v) is 2.63. The zero-order valence-corrected chi connectivity index (χ0v) is 11.4. The fourth-order valence-electron chi connectivity index (χ4n) is 1.53. The van der Waals surface area contributed by atoms with Crippen LogP contribution in [0.5, 0.6) is 5.75 Å². The van der Waals surface area contributed by atoms with Crippen molar-refractivity contribution in [3.8, 4) is 5.75 Å². The average molecular weight is 269 g/mol. The van der Waals surface area contributed by atoms with Crippen LogP contribution in [0.3, 0.4) is 0 Å². The Bertz CT molecular complexity index is 435. The molecule has 5 heteroatoms. The number of halogens is 1. The second-order valence-corrected chi connectivity index (χ2v) is 4.65. The zero-order valence-electron chi connectivity index (χ0n) is 11.4. The summed E-state index contributed by atoms with van der Waals surface area (Å²) in [7, 11) is 0. The molecule has 19 heavy (non-hydrogen) atoms. The van der Waals surface area contributed by atoms with Gasteiger partial charge in [0.2, 0.25) is 0 Å². The maximum absolute atomic E-state index is 13.8. The minimum Gasteiger partial charge on any atom is -0.479 e. The van der Waals surface area contributed by atoms with Crippen LogP contribution in [0.4, 0.5) is 4.39 Å². The van der Waals surface area contributed by atoms with Crippen molar-refractivity contribution in [1.82, 2.24) is 5.32 Å². The molecule has 106 valence electrons. The summed E-state index contributed by atoms with van der Waals surface area (Å²) in [6.45, 7) is 6.25. The average Bonchev–Trinajstić information content (AvgIpc) is 2.34. The lowest BCUT2D eigenvalue weighted by molar-refractivity contribution is -0.145. The number of carboxylic acids is 1. The van der Waals surface area contributed by atoms with Crippen molar-refractivity contribution in [1.29, 1.82) is 0 Å². The van der Waals surface area contributed by atoms with E-state index >= 15 is 0 Å². The van der Waals surface area contributed by atoms with Gasteiger partial charge >= 0.3 is 5.97 Å². The van der Waals surface area contributed by atoms with E-state index in [1.807, 2.05) is 13.8 Å². The number of benzene rings is 1. The molecule has 0 heterocycles. The Hall–Kier alpha value is -1.62. The van der Waals surface area contributed by atoms with Gasteiger partial charge < -0.3 is 15.2 Å². The first-order valence-corrected chi connectivity index (χ1v) is 6.35. The van der Waals surface area contributed by atoms with Gasteiger partial charge in [-0.25, -0.2) is 9.18 Å². The van der Waals surface area contributed by atoms with Crippen LogP contribution in [-0.2, 0) is 11.3 Å². The summed E-state index contributed by atoms with van der Waals surface area (Å²) in [6, 6.07) is 4.87. The van der Waals surface area contributed by atoms with Gasteiger partial charge in [0.15, 0.2) is 17.7 Å². The molecule has 0 saturated heterocycles. The van der Waals surface area contributed by atoms with Crippen LogP contribution in [-0.4, -0.2) is 23.2 Å². The molecule has 2 N–H and O–H groups in total. The van der Waals surface area contributed by atoms with Crippen molar-refractivity contribution in [2.24, 2.45) is 0 Å². The van der Waals surface area contributed by atoms with Crippen LogP contribution in [0.25, 0.3) is 0 Å². The molecule has 0 aromatic heterocycles. The standard InChI is InChI=1S/C14H20FNO3/c1-4-12(14(17)18)19-13-6-5-10(7-11(13)15)8-16-9(2)3/h5-7,9,12,16H,4,8H2,1-3H3,(H,17,18). The number of aliphatic carboxylic acids is 1. The lowest BCUT2D eigenvalue weighted by Crippen LogP contribution is -2.26. The molecule has 0 spiro atoms. The Labute approximate surface area is 112 Å². The van der Waals surface area contributed by atoms with Crippen molar-refractivity contribution in [2.45, 2.75) is 45.9 Å². The van der Waals surface area contributed by atoms with E-state index in [1.165, 1.54) is 12.1 Å². The topological polar surface area (TPSA) is 58.6 Å². The van der Waals surface area contributed by atoms with Gasteiger partial charge in [-0.1, -0.05) is 26.8 Å². The van der Waals surface area contributed by atoms with E-state index in [4.69, 9.17) is 9.84 Å². The lowest BCUT2D eigenvalue weighted by atomic mass is 10.2. The number of hydrogen-bond donors (Lipinski definition) is 2. The Morgan fingerprint density at radius 1 is 1.47 bits per heavy atom. The highest BCUT2D eigenvalue weighted by atomic mass is 19.1. The number of nitrogens with one attached hydrogen (secondary N) is 1. The summed E-state index contributed by atoms with van der Waals surface area (Å²) in [5, 5.41) is 12.0. The first kappa shape index (κ1) is 15.4. The van der Waals surface area contributed by atoms with Crippen LogP contribution in [0.1, 0.15) is 32.8 Å². The Balaban J connectivity index is 2.74. The Kier molecular flexibility index (Phi) is 5.76. The number of hydrogen-bond acceptors (Lipinski definition) is 3. The number of ether oxygens (including phenoxy) is 1. The van der Waals surface area contributed by atoms with E-state index < -0.39 is 17.9 Å². The predicted molar refractivity (Wildman–Crippen MR) is 70.7 cm³/mol. The monoisotopic (exact) mass is 269 g/mol. The second-order valence-electron chi connectivity index (χ2n) is 4.65. The molecule has 0 fully saturated rings. The maximum Gasteiger partial charge on any atom is 0.344 e. The molecule has 4 nitrogen and oxygen atoms in total. The highest BCUT2D eigenvalue weighted by molar-refractivity contribution is 5.72. The number of carboxylic acid groups (broad SMARTS) is 1. The molecule has 0 aliphatic rings. The molecule has 0 bridgehead atoms. The van der Waals surface area contributed by atoms with Gasteiger partial charge in [-0.15, -0.1) is 0 Å². The van der Waals surface area contributed by atoms with Gasteiger partial charge in [-0.05, 0) is 24.1 Å². The quantitative estimate of drug-likeness (QED) is 0.798. The van der Waals surface area contributed by atoms with E-state index in [0.717, 1.165) is 5.56 Å². The molecule has 0 saturated carbocycles. The summed E-state index contributed by atoms with van der Waals surface area (Å²) >= 11 is 0. The summed E-state index contributed by atoms with van der Waals surface area (Å²) in [5.41, 5.74) is 0.793. The molecule has 0 amide bonds. The van der Waals surface area contributed by atoms with Crippen molar-refractivity contribution in [3.63, 3.8) is 0 Å². The minimum atomic E-state index is -1.09. The Morgan fingerprint density at radius 3 is 2.63 bits per heavy atom. The van der Waals surface area contributed by atoms with Gasteiger partial charge in [0.25, 0.3) is 0 Å². The van der Waals surface area contributed by atoms with E-state index in [-0.39, 0.29) is 12.2 Å². The van der Waals surface area contributed by atoms with Crippen LogP contribution in [0, 0.1) is 5.82 Å². The van der Waals surface area contributed by atoms with E-state index in [0.29, 0.717) is 12.6 Å². The molecular formula is C14H20FNO3. The van der Waals surface area contributed by atoms with Gasteiger partial charge in [-0.2, -0.15) is 0 Å². The van der Waals surface area contributed by atoms with Crippen LogP contribution in [0.2, 0.25) is 0 Å². The van der Waals surface area contributed by atoms with Gasteiger partial charge in [0, 0.05) is 12.6 Å². The molecule has 0 aliphatic carbocycles. The fourth-order valence-corrected chi connectivity index (χ4v) is 1.53. The van der Waals surface area contributed by atoms with Crippen LogP contribution in [0.15, 0.2) is 18.2 Å². The summed E-state index contributed by atoms with van der Waals surface area (Å²) < 4.78 is 18.9. The van der Waals surface area contributed by atoms with Crippen LogP contribution >= 0.6 is 0 Å². The summed E-state index contributed by atoms with van der Waals surface area (Å²) in [6.07, 6.45) is -0.736. The molecule has 0 radical (unpaired) electrons. The van der Waals surface area contributed by atoms with Crippen molar-refractivity contribution < 1.29 is 19.0 Å². The van der Waals surface area contributed by atoms with E-state index in [9.17, 15) is 9.18 Å². The van der Waals surface area contributed by atoms with Gasteiger partial charge in [0.1, 0.15) is 0 Å². The zero-order chi connectivity index (χ0) is 14.4. The first-order valence-electron chi connectivity index (χ1n) is 6.35. The SMILES string of the molecule is CCC(Oc1ccc(CNC(C)C)cc1F)C(=O)O. The molecule has 1 aromatic carbocycles. The highest BCUT2D eigenvalue weighted by Crippen LogP contribution is 2.20. The molecule has 1 unspecified atom stereocenters. The smallest absolute Gasteiger partial charge is 0.344 e. The van der Waals surface area contributed by atoms with E-state index in [1.54, 1.807) is 13.0 Å². The number of rotatable bonds is 7. The first-order chi connectivity index (χ1) is 8.93. The largest absolute Gasteiger partial charge is 0.479 e. The molecule has 0 aliphatic heterocycles. The van der Waals surface area contributed by atoms with Crippen molar-refractivity contribution in [3.05, 3.63) is 29.6 Å². The fraction of sp³-hybridized carbons (Fsp3) is 0.500. The number of carbonyl (C=O) groups is 1. The van der Waals surface area contributed by atoms with Crippen molar-refractivity contribution >= 4 is 5.97 Å². The van der Waals surface area contributed by atoms with Gasteiger partial charge in [0.05, 0.1) is 0 Å². The second kappa shape index (κ2) is 7.09. The van der Waals surface area contributed by atoms with Crippen LogP contribution < -0.4 is 10.1 Å². The maximum atomic E-state index is 13.8. The highest BCUT2D eigenvalue weighted by Gasteiger charge is 2.18. The van der Waals surface area contributed by atoms with E-state index in [2.05, 4.69) is 5.32 Å². The van der Waals surface area contributed by atoms with Crippen molar-refractivity contribution in [2.75, 3.05) is 0 Å². The lowest BCUT2D eigenvalue weighted by Gasteiger charge is -2.14.